The minimum atomic E-state index is -0.205. The van der Waals surface area contributed by atoms with Crippen molar-refractivity contribution in [2.24, 2.45) is 0 Å². The topological polar surface area (TPSA) is 73.3 Å². The molecule has 1 aliphatic heterocycles. The quantitative estimate of drug-likeness (QED) is 0.724. The average Bonchev–Trinajstić information content (AvgIpc) is 3.29. The highest BCUT2D eigenvalue weighted by Crippen LogP contribution is 2.37. The van der Waals surface area contributed by atoms with Gasteiger partial charge in [0.2, 0.25) is 11.9 Å². The number of hydrogen-bond acceptors (Lipinski definition) is 6. The van der Waals surface area contributed by atoms with Crippen LogP contribution in [0.1, 0.15) is 36.7 Å². The Kier molecular flexibility index (Phi) is 4.31. The van der Waals surface area contributed by atoms with E-state index in [1.807, 2.05) is 42.5 Å². The Morgan fingerprint density at radius 3 is 2.52 bits per heavy atom. The van der Waals surface area contributed by atoms with E-state index in [9.17, 15) is 4.79 Å². The largest absolute Gasteiger partial charge is 0.454 e. The Morgan fingerprint density at radius 1 is 1.04 bits per heavy atom. The number of aromatic nitrogens is 2. The molecule has 0 spiro atoms. The van der Waals surface area contributed by atoms with Crippen LogP contribution in [0, 0.1) is 0 Å². The van der Waals surface area contributed by atoms with Gasteiger partial charge in [-0.05, 0) is 41.3 Å². The standard InChI is InChI=1S/C20H19N3O3S/c1-20(2,3)14-7-4-12(5-8-14)17(24)21-19-23-22-18(27-19)13-6-9-15-16(10-13)26-11-25-15/h4-10H,11H2,1-3H3,(H,21,23,24). The van der Waals surface area contributed by atoms with Crippen molar-refractivity contribution in [1.82, 2.24) is 10.2 Å². The Hall–Kier alpha value is -2.93. The van der Waals surface area contributed by atoms with Gasteiger partial charge in [0.05, 0.1) is 0 Å². The summed E-state index contributed by atoms with van der Waals surface area (Å²) >= 11 is 1.31. The summed E-state index contributed by atoms with van der Waals surface area (Å²) in [5.41, 5.74) is 2.68. The molecule has 1 N–H and O–H groups in total. The maximum Gasteiger partial charge on any atom is 0.257 e. The predicted octanol–water partition coefficient (Wildman–Crippen LogP) is 4.48. The molecule has 0 radical (unpaired) electrons. The second kappa shape index (κ2) is 6.66. The molecule has 2 heterocycles. The van der Waals surface area contributed by atoms with E-state index >= 15 is 0 Å². The summed E-state index contributed by atoms with van der Waals surface area (Å²) in [5.74, 6) is 1.20. The number of nitrogens with zero attached hydrogens (tertiary/aromatic N) is 2. The molecule has 0 fully saturated rings. The van der Waals surface area contributed by atoms with E-state index in [0.717, 1.165) is 11.3 Å². The van der Waals surface area contributed by atoms with Gasteiger partial charge in [0.25, 0.3) is 5.91 Å². The van der Waals surface area contributed by atoms with Crippen LogP contribution in [0.3, 0.4) is 0 Å². The number of fused-ring (bicyclic) bond motifs is 1. The molecule has 0 bridgehead atoms. The molecule has 0 unspecified atom stereocenters. The van der Waals surface area contributed by atoms with E-state index in [1.54, 1.807) is 0 Å². The van der Waals surface area contributed by atoms with Crippen molar-refractivity contribution in [3.63, 3.8) is 0 Å². The highest BCUT2D eigenvalue weighted by atomic mass is 32.1. The number of nitrogens with one attached hydrogen (secondary N) is 1. The third-order valence-corrected chi connectivity index (χ3v) is 5.17. The fourth-order valence-corrected chi connectivity index (χ4v) is 3.45. The molecule has 6 nitrogen and oxygen atoms in total. The first-order valence-electron chi connectivity index (χ1n) is 8.55. The van der Waals surface area contributed by atoms with Crippen molar-refractivity contribution in [3.8, 4) is 22.1 Å². The van der Waals surface area contributed by atoms with E-state index in [1.165, 1.54) is 16.9 Å². The fraction of sp³-hybridized carbons (Fsp3) is 0.250. The lowest BCUT2D eigenvalue weighted by Gasteiger charge is -2.18. The zero-order valence-electron chi connectivity index (χ0n) is 15.3. The van der Waals surface area contributed by atoms with Gasteiger partial charge in [0.15, 0.2) is 11.5 Å². The van der Waals surface area contributed by atoms with Gasteiger partial charge < -0.3 is 9.47 Å². The predicted molar refractivity (Wildman–Crippen MR) is 105 cm³/mol. The number of carbonyl (C=O) groups excluding carboxylic acids is 1. The second-order valence-corrected chi connectivity index (χ2v) is 8.24. The van der Waals surface area contributed by atoms with Crippen LogP contribution in [0.15, 0.2) is 42.5 Å². The molecule has 138 valence electrons. The van der Waals surface area contributed by atoms with Crippen LogP contribution in [0.4, 0.5) is 5.13 Å². The lowest BCUT2D eigenvalue weighted by Crippen LogP contribution is -2.14. The Bertz CT molecular complexity index is 990. The third-order valence-electron chi connectivity index (χ3n) is 4.28. The average molecular weight is 381 g/mol. The van der Waals surface area contributed by atoms with Crippen molar-refractivity contribution in [2.75, 3.05) is 12.1 Å². The van der Waals surface area contributed by atoms with Gasteiger partial charge in [-0.15, -0.1) is 10.2 Å². The summed E-state index contributed by atoms with van der Waals surface area (Å²) in [7, 11) is 0. The van der Waals surface area contributed by atoms with Crippen molar-refractivity contribution >= 4 is 22.4 Å². The minimum Gasteiger partial charge on any atom is -0.454 e. The number of amides is 1. The number of ether oxygens (including phenoxy) is 2. The molecule has 7 heteroatoms. The zero-order chi connectivity index (χ0) is 19.0. The van der Waals surface area contributed by atoms with E-state index in [4.69, 9.17) is 9.47 Å². The zero-order valence-corrected chi connectivity index (χ0v) is 16.1. The van der Waals surface area contributed by atoms with Crippen LogP contribution in [0.5, 0.6) is 11.5 Å². The maximum absolute atomic E-state index is 12.5. The first-order chi connectivity index (χ1) is 12.9. The van der Waals surface area contributed by atoms with Crippen molar-refractivity contribution < 1.29 is 14.3 Å². The lowest BCUT2D eigenvalue weighted by molar-refractivity contribution is 0.102. The Labute approximate surface area is 161 Å². The summed E-state index contributed by atoms with van der Waals surface area (Å²) < 4.78 is 10.7. The number of rotatable bonds is 3. The molecule has 0 saturated heterocycles. The molecule has 1 aliphatic rings. The van der Waals surface area contributed by atoms with Crippen molar-refractivity contribution in [1.29, 1.82) is 0 Å². The lowest BCUT2D eigenvalue weighted by atomic mass is 9.87. The van der Waals surface area contributed by atoms with Gasteiger partial charge in [-0.3, -0.25) is 10.1 Å². The molecule has 0 atom stereocenters. The molecule has 4 rings (SSSR count). The molecule has 1 amide bonds. The van der Waals surface area contributed by atoms with Crippen molar-refractivity contribution in [3.05, 3.63) is 53.6 Å². The van der Waals surface area contributed by atoms with E-state index in [0.29, 0.717) is 21.5 Å². The SMILES string of the molecule is CC(C)(C)c1ccc(C(=O)Nc2nnc(-c3ccc4c(c3)OCO4)s2)cc1. The van der Waals surface area contributed by atoms with Gasteiger partial charge in [-0.25, -0.2) is 0 Å². The summed E-state index contributed by atoms with van der Waals surface area (Å²) in [6.45, 7) is 6.65. The summed E-state index contributed by atoms with van der Waals surface area (Å²) in [5, 5.41) is 12.2. The monoisotopic (exact) mass is 381 g/mol. The number of anilines is 1. The maximum atomic E-state index is 12.5. The van der Waals surface area contributed by atoms with E-state index < -0.39 is 0 Å². The first kappa shape index (κ1) is 17.5. The smallest absolute Gasteiger partial charge is 0.257 e. The highest BCUT2D eigenvalue weighted by molar-refractivity contribution is 7.18. The summed E-state index contributed by atoms with van der Waals surface area (Å²) in [6, 6.07) is 13.2. The van der Waals surface area contributed by atoms with Crippen LogP contribution in [0.25, 0.3) is 10.6 Å². The molecular weight excluding hydrogens is 362 g/mol. The molecule has 1 aromatic heterocycles. The Balaban J connectivity index is 1.48. The fourth-order valence-electron chi connectivity index (χ4n) is 2.71. The molecule has 0 aliphatic carbocycles. The van der Waals surface area contributed by atoms with Gasteiger partial charge in [-0.2, -0.15) is 0 Å². The molecule has 27 heavy (non-hydrogen) atoms. The van der Waals surface area contributed by atoms with E-state index in [2.05, 4.69) is 36.3 Å². The molecule has 0 saturated carbocycles. The van der Waals surface area contributed by atoms with Crippen LogP contribution in [-0.2, 0) is 5.41 Å². The molecule has 2 aromatic carbocycles. The summed E-state index contributed by atoms with van der Waals surface area (Å²) in [4.78, 5) is 12.5. The summed E-state index contributed by atoms with van der Waals surface area (Å²) in [6.07, 6.45) is 0. The van der Waals surface area contributed by atoms with Crippen molar-refractivity contribution in [2.45, 2.75) is 26.2 Å². The van der Waals surface area contributed by atoms with Gasteiger partial charge in [0.1, 0.15) is 5.01 Å². The number of carbonyl (C=O) groups is 1. The van der Waals surface area contributed by atoms with Crippen LogP contribution in [0.2, 0.25) is 0 Å². The third kappa shape index (κ3) is 3.64. The van der Waals surface area contributed by atoms with E-state index in [-0.39, 0.29) is 18.1 Å². The van der Waals surface area contributed by atoms with Gasteiger partial charge >= 0.3 is 0 Å². The van der Waals surface area contributed by atoms with Crippen LogP contribution >= 0.6 is 11.3 Å². The number of hydrogen-bond donors (Lipinski definition) is 1. The Morgan fingerprint density at radius 2 is 1.78 bits per heavy atom. The van der Waals surface area contributed by atoms with Gasteiger partial charge in [-0.1, -0.05) is 44.2 Å². The minimum absolute atomic E-state index is 0.0494. The van der Waals surface area contributed by atoms with Gasteiger partial charge in [0, 0.05) is 11.1 Å². The van der Waals surface area contributed by atoms with Crippen LogP contribution in [-0.4, -0.2) is 22.9 Å². The highest BCUT2D eigenvalue weighted by Gasteiger charge is 2.17. The number of benzene rings is 2. The second-order valence-electron chi connectivity index (χ2n) is 7.26. The normalized spacial score (nSPS) is 12.9. The molecular formula is C20H19N3O3S. The molecule has 3 aromatic rings. The van der Waals surface area contributed by atoms with Crippen LogP contribution < -0.4 is 14.8 Å². The first-order valence-corrected chi connectivity index (χ1v) is 9.37.